The van der Waals surface area contributed by atoms with E-state index in [1.54, 1.807) is 36.3 Å². The van der Waals surface area contributed by atoms with Gasteiger partial charge in [-0.25, -0.2) is 0 Å². The molecule has 6 rings (SSSR count). The summed E-state index contributed by atoms with van der Waals surface area (Å²) < 4.78 is 11.8. The lowest BCUT2D eigenvalue weighted by Gasteiger charge is -2.38. The molecular formula is C32H37N3O5. The topological polar surface area (TPSA) is 97.0 Å². The summed E-state index contributed by atoms with van der Waals surface area (Å²) in [4.78, 5) is 43.9. The van der Waals surface area contributed by atoms with Crippen molar-refractivity contribution in [3.8, 4) is 5.75 Å². The first-order valence-corrected chi connectivity index (χ1v) is 14.3. The van der Waals surface area contributed by atoms with Crippen molar-refractivity contribution < 1.29 is 23.9 Å². The van der Waals surface area contributed by atoms with Gasteiger partial charge in [0.05, 0.1) is 31.1 Å². The number of rotatable bonds is 7. The molecule has 0 unspecified atom stereocenters. The molecule has 3 amide bonds. The first-order chi connectivity index (χ1) is 19.3. The van der Waals surface area contributed by atoms with Crippen molar-refractivity contribution in [1.82, 2.24) is 10.2 Å². The number of amides is 3. The number of benzene rings is 2. The van der Waals surface area contributed by atoms with E-state index in [0.29, 0.717) is 17.4 Å². The summed E-state index contributed by atoms with van der Waals surface area (Å²) in [6.45, 7) is 4.11. The summed E-state index contributed by atoms with van der Waals surface area (Å²) in [5.41, 5.74) is 0.293. The van der Waals surface area contributed by atoms with Crippen molar-refractivity contribution in [1.29, 1.82) is 0 Å². The standard InChI is InChI=1S/C32H37N3O5/c1-19-10-7-8-15-24(19)34-30(37)28-32-17-16-25(40-32)26(29(36)33-22-13-9-14-23(18-22)39-3)27(32)31(38)35(28)20(2)21-11-5-4-6-12-21/h4-6,9,11-14,16-20,24-28H,7-8,10,15H2,1-3H3,(H,33,36)(H,34,37)/t19-,20-,24-,25+,26-,27+,28+,32+/m1/s1. The molecule has 2 saturated heterocycles. The van der Waals surface area contributed by atoms with Crippen LogP contribution in [0, 0.1) is 17.8 Å². The minimum Gasteiger partial charge on any atom is -0.497 e. The van der Waals surface area contributed by atoms with Gasteiger partial charge >= 0.3 is 0 Å². The molecule has 2 N–H and O–H groups in total. The molecule has 4 aliphatic rings. The Morgan fingerprint density at radius 1 is 1.07 bits per heavy atom. The van der Waals surface area contributed by atoms with Crippen molar-refractivity contribution in [3.63, 3.8) is 0 Å². The van der Waals surface area contributed by atoms with Crippen LogP contribution in [0.3, 0.4) is 0 Å². The van der Waals surface area contributed by atoms with Crippen molar-refractivity contribution >= 4 is 23.4 Å². The summed E-state index contributed by atoms with van der Waals surface area (Å²) in [7, 11) is 1.57. The number of nitrogens with one attached hydrogen (secondary N) is 2. The molecule has 8 atom stereocenters. The Kier molecular flexibility index (Phi) is 6.90. The van der Waals surface area contributed by atoms with E-state index < -0.39 is 29.6 Å². The average Bonchev–Trinajstić information content (AvgIpc) is 3.61. The van der Waals surface area contributed by atoms with Crippen molar-refractivity contribution in [2.24, 2.45) is 17.8 Å². The van der Waals surface area contributed by atoms with Crippen LogP contribution in [0.4, 0.5) is 5.69 Å². The molecule has 2 aromatic carbocycles. The second-order valence-electron chi connectivity index (χ2n) is 11.6. The normalized spacial score (nSPS) is 33.0. The van der Waals surface area contributed by atoms with Gasteiger partial charge in [0.15, 0.2) is 0 Å². The molecule has 0 aromatic heterocycles. The first-order valence-electron chi connectivity index (χ1n) is 14.3. The molecule has 1 saturated carbocycles. The molecule has 3 fully saturated rings. The van der Waals surface area contributed by atoms with Crippen LogP contribution >= 0.6 is 0 Å². The fourth-order valence-electron chi connectivity index (χ4n) is 7.23. The quantitative estimate of drug-likeness (QED) is 0.510. The predicted molar refractivity (Wildman–Crippen MR) is 150 cm³/mol. The highest BCUT2D eigenvalue weighted by molar-refractivity contribution is 6.03. The minimum atomic E-state index is -1.21. The Balaban J connectivity index is 1.35. The van der Waals surface area contributed by atoms with E-state index in [1.807, 2.05) is 49.4 Å². The van der Waals surface area contributed by atoms with Gasteiger partial charge in [0.2, 0.25) is 17.7 Å². The number of nitrogens with zero attached hydrogens (tertiary/aromatic N) is 1. The van der Waals surface area contributed by atoms with Gasteiger partial charge in [0.1, 0.15) is 17.4 Å². The second-order valence-corrected chi connectivity index (χ2v) is 11.6. The van der Waals surface area contributed by atoms with Crippen LogP contribution < -0.4 is 15.4 Å². The second kappa shape index (κ2) is 10.4. The Morgan fingerprint density at radius 3 is 2.60 bits per heavy atom. The molecule has 3 aliphatic heterocycles. The third kappa shape index (κ3) is 4.29. The highest BCUT2D eigenvalue weighted by Gasteiger charge is 2.73. The SMILES string of the molecule is COc1cccc(NC(=O)[C@@H]2[C@@H]3C=C[C@]4(O3)[C@@H]2C(=O)N([C@H](C)c2ccccc2)[C@H]4C(=O)N[C@@H]2CCCC[C@H]2C)c1. The van der Waals surface area contributed by atoms with E-state index in [4.69, 9.17) is 9.47 Å². The van der Waals surface area contributed by atoms with Crippen LogP contribution in [-0.4, -0.2) is 53.5 Å². The largest absolute Gasteiger partial charge is 0.497 e. The van der Waals surface area contributed by atoms with Crippen molar-refractivity contribution in [2.45, 2.75) is 69.4 Å². The highest BCUT2D eigenvalue weighted by atomic mass is 16.5. The van der Waals surface area contributed by atoms with E-state index in [-0.39, 0.29) is 29.8 Å². The molecule has 2 aromatic rings. The van der Waals surface area contributed by atoms with Crippen LogP contribution in [-0.2, 0) is 19.1 Å². The van der Waals surface area contributed by atoms with Gasteiger partial charge in [-0.05, 0) is 43.4 Å². The lowest BCUT2D eigenvalue weighted by Crippen LogP contribution is -2.57. The number of fused-ring (bicyclic) bond motifs is 1. The van der Waals surface area contributed by atoms with Gasteiger partial charge in [0, 0.05) is 17.8 Å². The minimum absolute atomic E-state index is 0.0513. The fourth-order valence-corrected chi connectivity index (χ4v) is 7.23. The van der Waals surface area contributed by atoms with Crippen molar-refractivity contribution in [2.75, 3.05) is 12.4 Å². The number of hydrogen-bond acceptors (Lipinski definition) is 5. The average molecular weight is 544 g/mol. The Hall–Kier alpha value is -3.65. The molecule has 8 heteroatoms. The van der Waals surface area contributed by atoms with E-state index in [2.05, 4.69) is 17.6 Å². The van der Waals surface area contributed by atoms with Gasteiger partial charge < -0.3 is 25.0 Å². The number of likely N-dealkylation sites (tertiary alicyclic amines) is 1. The van der Waals surface area contributed by atoms with Crippen LogP contribution in [0.25, 0.3) is 0 Å². The van der Waals surface area contributed by atoms with E-state index in [9.17, 15) is 14.4 Å². The molecule has 3 heterocycles. The third-order valence-corrected chi connectivity index (χ3v) is 9.34. The summed E-state index contributed by atoms with van der Waals surface area (Å²) in [6, 6.07) is 15.6. The van der Waals surface area contributed by atoms with Crippen LogP contribution in [0.5, 0.6) is 5.75 Å². The monoisotopic (exact) mass is 543 g/mol. The Morgan fingerprint density at radius 2 is 1.85 bits per heavy atom. The van der Waals surface area contributed by atoms with Crippen LogP contribution in [0.2, 0.25) is 0 Å². The maximum atomic E-state index is 14.4. The molecule has 210 valence electrons. The maximum absolute atomic E-state index is 14.4. The molecule has 1 aliphatic carbocycles. The van der Waals surface area contributed by atoms with Gasteiger partial charge in [-0.2, -0.15) is 0 Å². The van der Waals surface area contributed by atoms with E-state index in [1.165, 1.54) is 0 Å². The number of hydrogen-bond donors (Lipinski definition) is 2. The highest BCUT2D eigenvalue weighted by Crippen LogP contribution is 2.56. The van der Waals surface area contributed by atoms with E-state index >= 15 is 0 Å². The van der Waals surface area contributed by atoms with Crippen LogP contribution in [0.15, 0.2) is 66.7 Å². The van der Waals surface area contributed by atoms with Gasteiger partial charge in [-0.3, -0.25) is 14.4 Å². The van der Waals surface area contributed by atoms with Gasteiger partial charge in [-0.1, -0.05) is 68.3 Å². The molecule has 0 radical (unpaired) electrons. The van der Waals surface area contributed by atoms with E-state index in [0.717, 1.165) is 31.2 Å². The summed E-state index contributed by atoms with van der Waals surface area (Å²) in [5, 5.41) is 6.25. The van der Waals surface area contributed by atoms with Gasteiger partial charge in [-0.15, -0.1) is 0 Å². The zero-order valence-electron chi connectivity index (χ0n) is 23.2. The smallest absolute Gasteiger partial charge is 0.246 e. The maximum Gasteiger partial charge on any atom is 0.246 e. The lowest BCUT2D eigenvalue weighted by molar-refractivity contribution is -0.144. The zero-order chi connectivity index (χ0) is 28.0. The Bertz CT molecular complexity index is 1330. The van der Waals surface area contributed by atoms with Crippen molar-refractivity contribution in [3.05, 3.63) is 72.3 Å². The number of methoxy groups -OCH3 is 1. The summed E-state index contributed by atoms with van der Waals surface area (Å²) >= 11 is 0. The number of anilines is 1. The zero-order valence-corrected chi connectivity index (χ0v) is 23.2. The molecule has 1 spiro atoms. The summed E-state index contributed by atoms with van der Waals surface area (Å²) in [5.74, 6) is -1.34. The fraction of sp³-hybridized carbons (Fsp3) is 0.469. The lowest BCUT2D eigenvalue weighted by atomic mass is 9.74. The van der Waals surface area contributed by atoms with Gasteiger partial charge in [0.25, 0.3) is 0 Å². The Labute approximate surface area is 235 Å². The molecule has 8 nitrogen and oxygen atoms in total. The first kappa shape index (κ1) is 26.6. The number of carbonyl (C=O) groups is 3. The predicted octanol–water partition coefficient (Wildman–Crippen LogP) is 4.24. The molecule has 2 bridgehead atoms. The summed E-state index contributed by atoms with van der Waals surface area (Å²) in [6.07, 6.45) is 7.35. The number of carbonyl (C=O) groups excluding carboxylic acids is 3. The number of ether oxygens (including phenoxy) is 2. The van der Waals surface area contributed by atoms with Crippen LogP contribution in [0.1, 0.15) is 51.1 Å². The third-order valence-electron chi connectivity index (χ3n) is 9.34. The molecule has 40 heavy (non-hydrogen) atoms. The molecular weight excluding hydrogens is 506 g/mol.